The van der Waals surface area contributed by atoms with Crippen LogP contribution in [0.2, 0.25) is 0 Å². The van der Waals surface area contributed by atoms with Crippen molar-refractivity contribution in [3.8, 4) is 0 Å². The number of para-hydroxylation sites is 1. The Hall–Kier alpha value is -3.23. The maximum atomic E-state index is 13.6. The Morgan fingerprint density at radius 3 is 2.79 bits per heavy atom. The highest BCUT2D eigenvalue weighted by Crippen LogP contribution is 2.22. The van der Waals surface area contributed by atoms with Crippen LogP contribution >= 0.6 is 0 Å². The molecule has 1 aromatic carbocycles. The van der Waals surface area contributed by atoms with Gasteiger partial charge in [0.25, 0.3) is 5.56 Å². The van der Waals surface area contributed by atoms with E-state index in [0.717, 1.165) is 12.8 Å². The van der Waals surface area contributed by atoms with Crippen LogP contribution in [0.15, 0.2) is 40.1 Å². The molecule has 0 spiro atoms. The normalized spacial score (nSPS) is 16.4. The number of anilines is 1. The van der Waals surface area contributed by atoms with Gasteiger partial charge < -0.3 is 15.2 Å². The summed E-state index contributed by atoms with van der Waals surface area (Å²) in [6, 6.07) is 6.00. The minimum Gasteiger partial charge on any atom is -0.342 e. The third kappa shape index (κ3) is 5.63. The molecule has 2 amide bonds. The predicted octanol–water partition coefficient (Wildman–Crippen LogP) is 1.40. The molecule has 8 nitrogen and oxygen atoms in total. The van der Waals surface area contributed by atoms with Crippen LogP contribution in [-0.2, 0) is 16.0 Å². The highest BCUT2D eigenvalue weighted by Gasteiger charge is 2.24. The lowest BCUT2D eigenvalue weighted by molar-refractivity contribution is -0.132. The second kappa shape index (κ2) is 9.31. The van der Waals surface area contributed by atoms with E-state index in [-0.39, 0.29) is 41.8 Å². The quantitative estimate of drug-likeness (QED) is 0.677. The number of aromatic nitrogens is 2. The molecule has 1 atom stereocenters. The Labute approximate surface area is 166 Å². The molecule has 1 aliphatic heterocycles. The average molecular weight is 402 g/mol. The predicted molar refractivity (Wildman–Crippen MR) is 105 cm³/mol. The number of amides is 2. The van der Waals surface area contributed by atoms with Crippen LogP contribution < -0.4 is 16.6 Å². The number of likely N-dealkylation sites (tertiary alicyclic amines) is 1. The SMILES string of the molecule is O=C(CC[C@@H]1CCCN(C(=O)Cc2c[nH]c(=O)[nH]c2=O)C1)Nc1ccccc1F. The van der Waals surface area contributed by atoms with Crippen molar-refractivity contribution in [2.45, 2.75) is 32.1 Å². The molecule has 3 rings (SSSR count). The van der Waals surface area contributed by atoms with Crippen molar-refractivity contribution in [2.24, 2.45) is 5.92 Å². The highest BCUT2D eigenvalue weighted by atomic mass is 19.1. The summed E-state index contributed by atoms with van der Waals surface area (Å²) in [6.07, 6.45) is 3.70. The molecular formula is C20H23FN4O4. The zero-order valence-corrected chi connectivity index (χ0v) is 15.9. The zero-order valence-electron chi connectivity index (χ0n) is 15.9. The standard InChI is InChI=1S/C20H23FN4O4/c21-15-5-1-2-6-16(15)23-17(26)8-7-13-4-3-9-25(12-13)18(27)10-14-11-22-20(29)24-19(14)28/h1-2,5-6,11,13H,3-4,7-10,12H2,(H,23,26)(H2,22,24,28,29)/t13-/m0/s1. The largest absolute Gasteiger partial charge is 0.342 e. The molecule has 0 aliphatic carbocycles. The van der Waals surface area contributed by atoms with E-state index < -0.39 is 17.1 Å². The van der Waals surface area contributed by atoms with E-state index in [1.54, 1.807) is 17.0 Å². The fraction of sp³-hybridized carbons (Fsp3) is 0.400. The Morgan fingerprint density at radius 2 is 2.03 bits per heavy atom. The van der Waals surface area contributed by atoms with Crippen LogP contribution in [0.5, 0.6) is 0 Å². The van der Waals surface area contributed by atoms with Gasteiger partial charge in [0, 0.05) is 31.3 Å². The Balaban J connectivity index is 1.50. The van der Waals surface area contributed by atoms with Crippen molar-refractivity contribution in [3.05, 3.63) is 62.7 Å². The number of hydrogen-bond donors (Lipinski definition) is 3. The summed E-state index contributed by atoms with van der Waals surface area (Å²) in [5.41, 5.74) is -0.816. The van der Waals surface area contributed by atoms with Gasteiger partial charge in [0.2, 0.25) is 11.8 Å². The summed E-state index contributed by atoms with van der Waals surface area (Å²) in [7, 11) is 0. The van der Waals surface area contributed by atoms with Gasteiger partial charge in [-0.1, -0.05) is 12.1 Å². The van der Waals surface area contributed by atoms with Crippen molar-refractivity contribution in [1.82, 2.24) is 14.9 Å². The number of halogens is 1. The molecule has 9 heteroatoms. The molecule has 1 saturated heterocycles. The number of H-pyrrole nitrogens is 2. The van der Waals surface area contributed by atoms with Gasteiger partial charge >= 0.3 is 5.69 Å². The molecule has 154 valence electrons. The third-order valence-corrected chi connectivity index (χ3v) is 5.04. The van der Waals surface area contributed by atoms with Crippen molar-refractivity contribution < 1.29 is 14.0 Å². The maximum absolute atomic E-state index is 13.6. The van der Waals surface area contributed by atoms with Crippen LogP contribution in [0.4, 0.5) is 10.1 Å². The van der Waals surface area contributed by atoms with Crippen molar-refractivity contribution in [1.29, 1.82) is 0 Å². The van der Waals surface area contributed by atoms with E-state index in [2.05, 4.69) is 15.3 Å². The van der Waals surface area contributed by atoms with Gasteiger partial charge in [-0.15, -0.1) is 0 Å². The number of piperidine rings is 1. The van der Waals surface area contributed by atoms with E-state index in [1.807, 2.05) is 0 Å². The van der Waals surface area contributed by atoms with Crippen molar-refractivity contribution in [2.75, 3.05) is 18.4 Å². The first-order valence-corrected chi connectivity index (χ1v) is 9.55. The van der Waals surface area contributed by atoms with Gasteiger partial charge in [-0.2, -0.15) is 0 Å². The molecule has 0 bridgehead atoms. The summed E-state index contributed by atoms with van der Waals surface area (Å²) in [5, 5.41) is 2.57. The highest BCUT2D eigenvalue weighted by molar-refractivity contribution is 5.90. The fourth-order valence-electron chi connectivity index (χ4n) is 3.48. The van der Waals surface area contributed by atoms with Gasteiger partial charge in [0.05, 0.1) is 12.1 Å². The number of carbonyl (C=O) groups excluding carboxylic acids is 2. The van der Waals surface area contributed by atoms with E-state index in [1.165, 1.54) is 18.3 Å². The molecule has 0 unspecified atom stereocenters. The van der Waals surface area contributed by atoms with Gasteiger partial charge in [0.1, 0.15) is 5.82 Å². The average Bonchev–Trinajstić information content (AvgIpc) is 2.70. The fourth-order valence-corrected chi connectivity index (χ4v) is 3.48. The lowest BCUT2D eigenvalue weighted by Gasteiger charge is -2.32. The summed E-state index contributed by atoms with van der Waals surface area (Å²) in [6.45, 7) is 1.10. The number of nitrogens with zero attached hydrogens (tertiary/aromatic N) is 1. The van der Waals surface area contributed by atoms with Gasteiger partial charge in [-0.05, 0) is 37.3 Å². The van der Waals surface area contributed by atoms with E-state index >= 15 is 0 Å². The molecule has 1 aliphatic rings. The van der Waals surface area contributed by atoms with Gasteiger partial charge in [-0.3, -0.25) is 19.4 Å². The number of nitrogens with one attached hydrogen (secondary N) is 3. The van der Waals surface area contributed by atoms with E-state index in [4.69, 9.17) is 0 Å². The van der Waals surface area contributed by atoms with Crippen molar-refractivity contribution >= 4 is 17.5 Å². The van der Waals surface area contributed by atoms with Crippen LogP contribution in [0.25, 0.3) is 0 Å². The molecule has 1 fully saturated rings. The van der Waals surface area contributed by atoms with Crippen molar-refractivity contribution in [3.63, 3.8) is 0 Å². The second-order valence-electron chi connectivity index (χ2n) is 7.19. The van der Waals surface area contributed by atoms with Crippen LogP contribution in [0.3, 0.4) is 0 Å². The Kier molecular flexibility index (Phi) is 6.58. The first-order chi connectivity index (χ1) is 13.9. The second-order valence-corrected chi connectivity index (χ2v) is 7.19. The Bertz CT molecular complexity index is 1000. The molecule has 3 N–H and O–H groups in total. The van der Waals surface area contributed by atoms with E-state index in [9.17, 15) is 23.6 Å². The first-order valence-electron chi connectivity index (χ1n) is 9.55. The number of carbonyl (C=O) groups is 2. The summed E-state index contributed by atoms with van der Waals surface area (Å²) < 4.78 is 13.6. The van der Waals surface area contributed by atoms with Crippen LogP contribution in [0.1, 0.15) is 31.2 Å². The van der Waals surface area contributed by atoms with Crippen LogP contribution in [0, 0.1) is 11.7 Å². The number of hydrogen-bond acceptors (Lipinski definition) is 4. The molecular weight excluding hydrogens is 379 g/mol. The maximum Gasteiger partial charge on any atom is 0.325 e. The van der Waals surface area contributed by atoms with Crippen LogP contribution in [-0.4, -0.2) is 39.8 Å². The lowest BCUT2D eigenvalue weighted by atomic mass is 9.93. The molecule has 29 heavy (non-hydrogen) atoms. The minimum atomic E-state index is -0.613. The van der Waals surface area contributed by atoms with E-state index in [0.29, 0.717) is 19.5 Å². The summed E-state index contributed by atoms with van der Waals surface area (Å²) in [5.74, 6) is -0.776. The number of aromatic amines is 2. The minimum absolute atomic E-state index is 0.0907. The lowest BCUT2D eigenvalue weighted by Crippen LogP contribution is -2.41. The molecule has 1 aromatic heterocycles. The van der Waals surface area contributed by atoms with Gasteiger partial charge in [0.15, 0.2) is 0 Å². The third-order valence-electron chi connectivity index (χ3n) is 5.04. The summed E-state index contributed by atoms with van der Waals surface area (Å²) in [4.78, 5) is 53.6. The topological polar surface area (TPSA) is 115 Å². The number of benzene rings is 1. The monoisotopic (exact) mass is 402 g/mol. The summed E-state index contributed by atoms with van der Waals surface area (Å²) >= 11 is 0. The van der Waals surface area contributed by atoms with Gasteiger partial charge in [-0.25, -0.2) is 9.18 Å². The number of rotatable bonds is 6. The molecule has 2 heterocycles. The Morgan fingerprint density at radius 1 is 1.24 bits per heavy atom. The molecule has 0 radical (unpaired) electrons. The zero-order chi connectivity index (χ0) is 20.8. The first kappa shape index (κ1) is 20.5. The molecule has 0 saturated carbocycles. The molecule has 2 aromatic rings. The smallest absolute Gasteiger partial charge is 0.325 e.